The van der Waals surface area contributed by atoms with Crippen LogP contribution in [0, 0.1) is 11.3 Å². The molecule has 4 heteroatoms. The predicted octanol–water partition coefficient (Wildman–Crippen LogP) is 1.81. The first-order valence-corrected chi connectivity index (χ1v) is 7.76. The molecule has 1 unspecified atom stereocenters. The van der Waals surface area contributed by atoms with Crippen molar-refractivity contribution in [2.45, 2.75) is 64.9 Å². The van der Waals surface area contributed by atoms with Crippen molar-refractivity contribution in [3.05, 3.63) is 0 Å². The fourth-order valence-corrected chi connectivity index (χ4v) is 3.14. The van der Waals surface area contributed by atoms with E-state index in [2.05, 4.69) is 19.2 Å². The smallest absolute Gasteiger partial charge is 0.227 e. The van der Waals surface area contributed by atoms with Crippen molar-refractivity contribution >= 4 is 5.91 Å². The molecule has 0 aliphatic heterocycles. The molecule has 1 aliphatic rings. The lowest BCUT2D eigenvalue weighted by Gasteiger charge is -2.35. The topological polar surface area (TPSA) is 75.3 Å². The van der Waals surface area contributed by atoms with Gasteiger partial charge in [0.1, 0.15) is 0 Å². The third-order valence-corrected chi connectivity index (χ3v) is 4.75. The normalized spacial score (nSPS) is 20.3. The Kier molecular flexibility index (Phi) is 6.80. The maximum atomic E-state index is 12.4. The zero-order valence-electron chi connectivity index (χ0n) is 12.5. The Labute approximate surface area is 117 Å². The molecule has 1 atom stereocenters. The first kappa shape index (κ1) is 16.4. The largest absolute Gasteiger partial charge is 0.391 e. The maximum Gasteiger partial charge on any atom is 0.227 e. The number of hydrogen-bond acceptors (Lipinski definition) is 3. The molecule has 0 aromatic heterocycles. The summed E-state index contributed by atoms with van der Waals surface area (Å²) in [6.07, 6.45) is 6.57. The summed E-state index contributed by atoms with van der Waals surface area (Å²) in [6.45, 7) is 4.91. The van der Waals surface area contributed by atoms with Crippen molar-refractivity contribution in [2.75, 3.05) is 13.1 Å². The molecule has 112 valence electrons. The summed E-state index contributed by atoms with van der Waals surface area (Å²) < 4.78 is 0. The van der Waals surface area contributed by atoms with Crippen molar-refractivity contribution < 1.29 is 9.90 Å². The van der Waals surface area contributed by atoms with E-state index >= 15 is 0 Å². The van der Waals surface area contributed by atoms with Crippen LogP contribution in [0.4, 0.5) is 0 Å². The molecule has 0 spiro atoms. The van der Waals surface area contributed by atoms with Gasteiger partial charge in [0.25, 0.3) is 0 Å². The first-order chi connectivity index (χ1) is 9.09. The van der Waals surface area contributed by atoms with Gasteiger partial charge in [0.2, 0.25) is 5.91 Å². The lowest BCUT2D eigenvalue weighted by molar-refractivity contribution is -0.133. The monoisotopic (exact) mass is 270 g/mol. The zero-order chi connectivity index (χ0) is 14.3. The molecular weight excluding hydrogens is 240 g/mol. The number of aliphatic hydroxyl groups is 1. The maximum absolute atomic E-state index is 12.4. The van der Waals surface area contributed by atoms with Crippen LogP contribution in [0.1, 0.15) is 58.8 Å². The highest BCUT2D eigenvalue weighted by Crippen LogP contribution is 2.35. The van der Waals surface area contributed by atoms with Gasteiger partial charge in [-0.3, -0.25) is 4.79 Å². The van der Waals surface area contributed by atoms with Gasteiger partial charge < -0.3 is 16.2 Å². The van der Waals surface area contributed by atoms with Crippen LogP contribution in [0.5, 0.6) is 0 Å². The molecule has 19 heavy (non-hydrogen) atoms. The van der Waals surface area contributed by atoms with E-state index < -0.39 is 6.10 Å². The summed E-state index contributed by atoms with van der Waals surface area (Å²) >= 11 is 0. The van der Waals surface area contributed by atoms with Crippen molar-refractivity contribution in [1.82, 2.24) is 5.32 Å². The lowest BCUT2D eigenvalue weighted by Crippen LogP contribution is -2.49. The van der Waals surface area contributed by atoms with E-state index in [-0.39, 0.29) is 17.2 Å². The van der Waals surface area contributed by atoms with Gasteiger partial charge in [-0.15, -0.1) is 0 Å². The molecule has 1 aliphatic carbocycles. The van der Waals surface area contributed by atoms with Crippen molar-refractivity contribution in [2.24, 2.45) is 17.1 Å². The number of carbonyl (C=O) groups is 1. The Hall–Kier alpha value is -0.610. The van der Waals surface area contributed by atoms with Crippen LogP contribution in [-0.4, -0.2) is 30.2 Å². The van der Waals surface area contributed by atoms with E-state index in [1.165, 1.54) is 6.42 Å². The summed E-state index contributed by atoms with van der Waals surface area (Å²) in [5.74, 6) is 0.306. The molecule has 0 bridgehead atoms. The average Bonchev–Trinajstić information content (AvgIpc) is 2.46. The molecule has 1 amide bonds. The number of nitrogens with two attached hydrogens (primary N) is 1. The van der Waals surface area contributed by atoms with Gasteiger partial charge in [-0.25, -0.2) is 0 Å². The number of amides is 1. The second-order valence-corrected chi connectivity index (χ2v) is 5.90. The third-order valence-electron chi connectivity index (χ3n) is 4.75. The van der Waals surface area contributed by atoms with Gasteiger partial charge in [0.05, 0.1) is 11.5 Å². The summed E-state index contributed by atoms with van der Waals surface area (Å²) in [4.78, 5) is 12.4. The number of hydrogen-bond donors (Lipinski definition) is 3. The van der Waals surface area contributed by atoms with Crippen molar-refractivity contribution in [1.29, 1.82) is 0 Å². The van der Waals surface area contributed by atoms with Gasteiger partial charge in [-0.2, -0.15) is 0 Å². The van der Waals surface area contributed by atoms with Crippen molar-refractivity contribution in [3.63, 3.8) is 0 Å². The summed E-state index contributed by atoms with van der Waals surface area (Å²) in [6, 6.07) is 0. The second kappa shape index (κ2) is 7.85. The highest BCUT2D eigenvalue weighted by molar-refractivity contribution is 5.83. The molecule has 1 saturated carbocycles. The Morgan fingerprint density at radius 1 is 1.26 bits per heavy atom. The number of carbonyl (C=O) groups excluding carboxylic acids is 1. The van der Waals surface area contributed by atoms with E-state index in [1.54, 1.807) is 0 Å². The third kappa shape index (κ3) is 4.18. The van der Waals surface area contributed by atoms with E-state index in [4.69, 9.17) is 5.73 Å². The predicted molar refractivity (Wildman–Crippen MR) is 77.7 cm³/mol. The standard InChI is InChI=1S/C15H30N2O2/c1-3-12(4-2)13(18)10-17-14(19)15(11-16)8-6-5-7-9-15/h12-13,18H,3-11,16H2,1-2H3,(H,17,19). The summed E-state index contributed by atoms with van der Waals surface area (Å²) in [5, 5.41) is 13.0. The van der Waals surface area contributed by atoms with Crippen LogP contribution in [0.25, 0.3) is 0 Å². The lowest BCUT2D eigenvalue weighted by atomic mass is 9.73. The van der Waals surface area contributed by atoms with E-state index in [9.17, 15) is 9.90 Å². The van der Waals surface area contributed by atoms with Crippen molar-refractivity contribution in [3.8, 4) is 0 Å². The average molecular weight is 270 g/mol. The van der Waals surface area contributed by atoms with Gasteiger partial charge in [-0.05, 0) is 18.8 Å². The highest BCUT2D eigenvalue weighted by Gasteiger charge is 2.38. The minimum atomic E-state index is -0.447. The van der Waals surface area contributed by atoms with E-state index in [1.807, 2.05) is 0 Å². The minimum absolute atomic E-state index is 0.0414. The van der Waals surface area contributed by atoms with Gasteiger partial charge in [-0.1, -0.05) is 46.0 Å². The number of nitrogens with one attached hydrogen (secondary N) is 1. The molecule has 0 radical (unpaired) electrons. The molecule has 1 rings (SSSR count). The first-order valence-electron chi connectivity index (χ1n) is 7.76. The fourth-order valence-electron chi connectivity index (χ4n) is 3.14. The molecule has 1 fully saturated rings. The quantitative estimate of drug-likeness (QED) is 0.660. The summed E-state index contributed by atoms with van der Waals surface area (Å²) in [7, 11) is 0. The van der Waals surface area contributed by atoms with E-state index in [0.717, 1.165) is 38.5 Å². The van der Waals surface area contributed by atoms with Crippen LogP contribution >= 0.6 is 0 Å². The molecule has 4 nitrogen and oxygen atoms in total. The van der Waals surface area contributed by atoms with Crippen LogP contribution in [0.15, 0.2) is 0 Å². The van der Waals surface area contributed by atoms with Gasteiger partial charge in [0.15, 0.2) is 0 Å². The molecule has 0 heterocycles. The Morgan fingerprint density at radius 3 is 2.32 bits per heavy atom. The number of rotatable bonds is 7. The van der Waals surface area contributed by atoms with E-state index in [0.29, 0.717) is 13.1 Å². The molecular formula is C15H30N2O2. The zero-order valence-corrected chi connectivity index (χ0v) is 12.5. The summed E-state index contributed by atoms with van der Waals surface area (Å²) in [5.41, 5.74) is 5.45. The highest BCUT2D eigenvalue weighted by atomic mass is 16.3. The van der Waals surface area contributed by atoms with Crippen LogP contribution in [-0.2, 0) is 4.79 Å². The Balaban J connectivity index is 2.49. The van der Waals surface area contributed by atoms with Crippen LogP contribution in [0.2, 0.25) is 0 Å². The second-order valence-electron chi connectivity index (χ2n) is 5.90. The van der Waals surface area contributed by atoms with Gasteiger partial charge in [0, 0.05) is 13.1 Å². The van der Waals surface area contributed by atoms with Gasteiger partial charge >= 0.3 is 0 Å². The molecule has 0 aromatic carbocycles. The molecule has 0 aromatic rings. The SMILES string of the molecule is CCC(CC)C(O)CNC(=O)C1(CN)CCCCC1. The van der Waals surface area contributed by atoms with Crippen LogP contribution in [0.3, 0.4) is 0 Å². The Morgan fingerprint density at radius 2 is 1.84 bits per heavy atom. The number of aliphatic hydroxyl groups excluding tert-OH is 1. The molecule has 4 N–H and O–H groups in total. The van der Waals surface area contributed by atoms with Crippen LogP contribution < -0.4 is 11.1 Å². The minimum Gasteiger partial charge on any atom is -0.391 e. The Bertz CT molecular complexity index is 271. The fraction of sp³-hybridized carbons (Fsp3) is 0.933. The molecule has 0 saturated heterocycles.